The van der Waals surface area contributed by atoms with Crippen molar-refractivity contribution in [3.05, 3.63) is 64.3 Å². The lowest BCUT2D eigenvalue weighted by molar-refractivity contribution is 0.563. The Kier molecular flexibility index (Phi) is 5.50. The minimum atomic E-state index is -0.469. The number of benzene rings is 2. The highest BCUT2D eigenvalue weighted by atomic mass is 32.1. The van der Waals surface area contributed by atoms with Crippen molar-refractivity contribution in [1.29, 1.82) is 0 Å². The Balaban J connectivity index is 1.66. The number of aromatic nitrogens is 2. The number of aryl methyl sites for hydroxylation is 1. The van der Waals surface area contributed by atoms with Gasteiger partial charge in [0.2, 0.25) is 5.13 Å². The molecule has 6 nitrogen and oxygen atoms in total. The molecule has 0 aliphatic carbocycles. The fourth-order valence-corrected chi connectivity index (χ4v) is 4.02. The van der Waals surface area contributed by atoms with Crippen LogP contribution in [0.4, 0.5) is 20.9 Å². The lowest BCUT2D eigenvalue weighted by Crippen LogP contribution is -2.21. The topological polar surface area (TPSA) is 71.3 Å². The van der Waals surface area contributed by atoms with Gasteiger partial charge >= 0.3 is 5.63 Å². The van der Waals surface area contributed by atoms with E-state index in [1.165, 1.54) is 23.5 Å². The van der Waals surface area contributed by atoms with E-state index >= 15 is 0 Å². The van der Waals surface area contributed by atoms with E-state index in [0.29, 0.717) is 27.0 Å². The van der Waals surface area contributed by atoms with Crippen molar-refractivity contribution >= 4 is 38.8 Å². The van der Waals surface area contributed by atoms with Gasteiger partial charge in [-0.2, -0.15) is 0 Å². The number of rotatable bonds is 6. The summed E-state index contributed by atoms with van der Waals surface area (Å²) >= 11 is 1.21. The molecule has 0 unspecified atom stereocenters. The number of nitrogens with one attached hydrogen (secondary N) is 1. The van der Waals surface area contributed by atoms with Crippen LogP contribution in [0, 0.1) is 12.7 Å². The van der Waals surface area contributed by atoms with Crippen LogP contribution in [0.25, 0.3) is 21.5 Å². The molecule has 4 rings (SSSR count). The summed E-state index contributed by atoms with van der Waals surface area (Å²) in [6.45, 7) is 7.78. The second-order valence-electron chi connectivity index (χ2n) is 6.84. The highest BCUT2D eigenvalue weighted by Crippen LogP contribution is 2.30. The molecule has 0 aliphatic heterocycles. The predicted molar refractivity (Wildman–Crippen MR) is 119 cm³/mol. The summed E-state index contributed by atoms with van der Waals surface area (Å²) in [5.74, 6) is -0.341. The van der Waals surface area contributed by atoms with Crippen molar-refractivity contribution in [3.8, 4) is 10.6 Å². The van der Waals surface area contributed by atoms with E-state index in [9.17, 15) is 9.18 Å². The number of halogens is 1. The Labute approximate surface area is 177 Å². The predicted octanol–water partition coefficient (Wildman–Crippen LogP) is 5.35. The normalized spacial score (nSPS) is 11.1. The van der Waals surface area contributed by atoms with Crippen molar-refractivity contribution in [1.82, 2.24) is 10.2 Å². The van der Waals surface area contributed by atoms with Crippen molar-refractivity contribution in [2.45, 2.75) is 20.8 Å². The van der Waals surface area contributed by atoms with Crippen LogP contribution < -0.4 is 15.8 Å². The zero-order valence-corrected chi connectivity index (χ0v) is 17.7. The highest BCUT2D eigenvalue weighted by Gasteiger charge is 2.15. The minimum absolute atomic E-state index is 0.341. The molecule has 2 aromatic heterocycles. The van der Waals surface area contributed by atoms with Crippen molar-refractivity contribution in [2.24, 2.45) is 0 Å². The van der Waals surface area contributed by atoms with Gasteiger partial charge < -0.3 is 14.6 Å². The van der Waals surface area contributed by atoms with Gasteiger partial charge in [0.15, 0.2) is 5.01 Å². The molecular formula is C22H21FN4O2S. The largest absolute Gasteiger partial charge is 0.422 e. The smallest absolute Gasteiger partial charge is 0.346 e. The fourth-order valence-electron chi connectivity index (χ4n) is 3.26. The Morgan fingerprint density at radius 3 is 2.67 bits per heavy atom. The molecule has 1 N–H and O–H groups in total. The molecule has 0 bridgehead atoms. The zero-order chi connectivity index (χ0) is 21.3. The summed E-state index contributed by atoms with van der Waals surface area (Å²) in [6.07, 6.45) is 0. The molecule has 0 fully saturated rings. The number of fused-ring (bicyclic) bond motifs is 1. The SMILES string of the molecule is CCN(CC)c1ccc2cc(-c3nnc(Nc4cc(F)ccc4C)s3)c(=O)oc2c1. The van der Waals surface area contributed by atoms with Gasteiger partial charge in [-0.1, -0.05) is 17.4 Å². The van der Waals surface area contributed by atoms with Gasteiger partial charge in [0.25, 0.3) is 0 Å². The standard InChI is InChI=1S/C22H21FN4O2S/c1-4-27(5-2)16-9-7-14-10-17(21(28)29-19(14)12-16)20-25-26-22(30-20)24-18-11-15(23)8-6-13(18)3/h6-12H,4-5H2,1-3H3,(H,24,26). The average Bonchev–Trinajstić information content (AvgIpc) is 3.19. The zero-order valence-electron chi connectivity index (χ0n) is 16.9. The van der Waals surface area contributed by atoms with Gasteiger partial charge in [0.05, 0.1) is 5.56 Å². The first-order valence-electron chi connectivity index (χ1n) is 9.68. The molecular weight excluding hydrogens is 403 g/mol. The summed E-state index contributed by atoms with van der Waals surface area (Å²) in [4.78, 5) is 14.8. The third-order valence-electron chi connectivity index (χ3n) is 4.94. The Hall–Kier alpha value is -3.26. The van der Waals surface area contributed by atoms with Gasteiger partial charge in [-0.3, -0.25) is 0 Å². The Morgan fingerprint density at radius 2 is 1.90 bits per heavy atom. The fraction of sp³-hybridized carbons (Fsp3) is 0.227. The van der Waals surface area contributed by atoms with Crippen molar-refractivity contribution < 1.29 is 8.81 Å². The molecule has 2 aromatic carbocycles. The molecule has 0 amide bonds. The lowest BCUT2D eigenvalue weighted by atomic mass is 10.1. The van der Waals surface area contributed by atoms with Crippen molar-refractivity contribution in [3.63, 3.8) is 0 Å². The van der Waals surface area contributed by atoms with Crippen LogP contribution in [-0.2, 0) is 0 Å². The molecule has 0 saturated heterocycles. The van der Waals surface area contributed by atoms with E-state index in [1.54, 1.807) is 12.1 Å². The maximum absolute atomic E-state index is 13.5. The van der Waals surface area contributed by atoms with E-state index in [-0.39, 0.29) is 5.82 Å². The second-order valence-corrected chi connectivity index (χ2v) is 7.82. The highest BCUT2D eigenvalue weighted by molar-refractivity contribution is 7.18. The number of anilines is 3. The van der Waals surface area contributed by atoms with E-state index in [4.69, 9.17) is 4.42 Å². The molecule has 4 aromatic rings. The maximum atomic E-state index is 13.5. The molecule has 8 heteroatoms. The summed E-state index contributed by atoms with van der Waals surface area (Å²) in [7, 11) is 0. The van der Waals surface area contributed by atoms with Gasteiger partial charge in [0.1, 0.15) is 11.4 Å². The van der Waals surface area contributed by atoms with E-state index in [1.807, 2.05) is 25.1 Å². The molecule has 30 heavy (non-hydrogen) atoms. The molecule has 0 radical (unpaired) electrons. The van der Waals surface area contributed by atoms with Gasteiger partial charge in [-0.25, -0.2) is 9.18 Å². The van der Waals surface area contributed by atoms with Crippen LogP contribution in [-0.4, -0.2) is 23.3 Å². The lowest BCUT2D eigenvalue weighted by Gasteiger charge is -2.20. The van der Waals surface area contributed by atoms with Crippen LogP contribution in [0.5, 0.6) is 0 Å². The number of nitrogens with zero attached hydrogens (tertiary/aromatic N) is 3. The third kappa shape index (κ3) is 3.91. The first kappa shape index (κ1) is 20.0. The summed E-state index contributed by atoms with van der Waals surface area (Å²) in [5.41, 5.74) is 2.90. The van der Waals surface area contributed by atoms with E-state index in [2.05, 4.69) is 34.3 Å². The van der Waals surface area contributed by atoms with Gasteiger partial charge in [0, 0.05) is 35.9 Å². The number of hydrogen-bond acceptors (Lipinski definition) is 7. The first-order valence-corrected chi connectivity index (χ1v) is 10.5. The van der Waals surface area contributed by atoms with Crippen LogP contribution in [0.3, 0.4) is 0 Å². The summed E-state index contributed by atoms with van der Waals surface area (Å²) in [5, 5.41) is 13.0. The average molecular weight is 425 g/mol. The van der Waals surface area contributed by atoms with Crippen LogP contribution >= 0.6 is 11.3 Å². The molecule has 0 saturated carbocycles. The Morgan fingerprint density at radius 1 is 1.10 bits per heavy atom. The monoisotopic (exact) mass is 424 g/mol. The molecule has 154 valence electrons. The minimum Gasteiger partial charge on any atom is -0.422 e. The first-order chi connectivity index (χ1) is 14.5. The van der Waals surface area contributed by atoms with Gasteiger partial charge in [-0.15, -0.1) is 10.2 Å². The number of hydrogen-bond donors (Lipinski definition) is 1. The maximum Gasteiger partial charge on any atom is 0.346 e. The third-order valence-corrected chi connectivity index (χ3v) is 5.82. The summed E-state index contributed by atoms with van der Waals surface area (Å²) < 4.78 is 19.1. The van der Waals surface area contributed by atoms with Crippen LogP contribution in [0.1, 0.15) is 19.4 Å². The van der Waals surface area contributed by atoms with E-state index in [0.717, 1.165) is 29.7 Å². The van der Waals surface area contributed by atoms with Crippen LogP contribution in [0.2, 0.25) is 0 Å². The molecule has 2 heterocycles. The molecule has 0 aliphatic rings. The molecule has 0 spiro atoms. The quantitative estimate of drug-likeness (QED) is 0.421. The van der Waals surface area contributed by atoms with Gasteiger partial charge in [-0.05, 0) is 56.7 Å². The van der Waals surface area contributed by atoms with Crippen molar-refractivity contribution in [2.75, 3.05) is 23.3 Å². The van der Waals surface area contributed by atoms with E-state index < -0.39 is 5.63 Å². The summed E-state index contributed by atoms with van der Waals surface area (Å²) in [6, 6.07) is 12.1. The second kappa shape index (κ2) is 8.23. The Bertz CT molecular complexity index is 1260. The van der Waals surface area contributed by atoms with Crippen LogP contribution in [0.15, 0.2) is 51.7 Å². The molecule has 0 atom stereocenters.